The van der Waals surface area contributed by atoms with E-state index in [1.54, 1.807) is 0 Å². The van der Waals surface area contributed by atoms with Gasteiger partial charge < -0.3 is 10.5 Å². The Labute approximate surface area is 121 Å². The Balaban J connectivity index is 2.64. The van der Waals surface area contributed by atoms with Gasteiger partial charge >= 0.3 is 6.36 Å². The molecule has 0 bridgehead atoms. The molecule has 0 unspecified atom stereocenters. The molecule has 0 heterocycles. The van der Waals surface area contributed by atoms with E-state index in [1.807, 2.05) is 0 Å². The summed E-state index contributed by atoms with van der Waals surface area (Å²) in [5.41, 5.74) is 3.68. The van der Waals surface area contributed by atoms with E-state index in [9.17, 15) is 26.7 Å². The van der Waals surface area contributed by atoms with Crippen molar-refractivity contribution in [3.63, 3.8) is 0 Å². The number of primary amides is 1. The van der Waals surface area contributed by atoms with Crippen molar-refractivity contribution in [2.24, 2.45) is 5.73 Å². The number of nitrogens with two attached hydrogens (primary N) is 1. The van der Waals surface area contributed by atoms with Crippen molar-refractivity contribution in [2.75, 3.05) is 0 Å². The molecule has 0 aliphatic heterocycles. The topological polar surface area (TPSA) is 52.3 Å². The number of carbonyl (C=O) groups excluding carboxylic acids is 1. The number of halogens is 5. The molecule has 0 aromatic heterocycles. The van der Waals surface area contributed by atoms with Gasteiger partial charge in [-0.15, -0.1) is 13.2 Å². The molecule has 0 aliphatic rings. The monoisotopic (exact) mass is 317 g/mol. The Morgan fingerprint density at radius 2 is 1.68 bits per heavy atom. The summed E-state index contributed by atoms with van der Waals surface area (Å²) in [6.07, 6.45) is -5.01. The Morgan fingerprint density at radius 3 is 2.27 bits per heavy atom. The van der Waals surface area contributed by atoms with Crippen LogP contribution in [0.25, 0.3) is 11.1 Å². The van der Waals surface area contributed by atoms with Gasteiger partial charge in [0.1, 0.15) is 5.75 Å². The zero-order chi connectivity index (χ0) is 16.5. The summed E-state index contributed by atoms with van der Waals surface area (Å²) in [5.74, 6) is -4.60. The quantitative estimate of drug-likeness (QED) is 0.879. The number of benzene rings is 2. The first-order valence-electron chi connectivity index (χ1n) is 5.83. The summed E-state index contributed by atoms with van der Waals surface area (Å²) in [6, 6.07) is 6.01. The van der Waals surface area contributed by atoms with E-state index in [0.717, 1.165) is 18.2 Å². The van der Waals surface area contributed by atoms with Crippen LogP contribution in [0.2, 0.25) is 0 Å². The normalized spacial score (nSPS) is 11.3. The fourth-order valence-electron chi connectivity index (χ4n) is 1.83. The van der Waals surface area contributed by atoms with E-state index in [-0.39, 0.29) is 11.1 Å². The third-order valence-corrected chi connectivity index (χ3v) is 2.72. The molecule has 116 valence electrons. The number of rotatable bonds is 3. The van der Waals surface area contributed by atoms with Gasteiger partial charge in [-0.2, -0.15) is 0 Å². The van der Waals surface area contributed by atoms with Crippen molar-refractivity contribution in [2.45, 2.75) is 6.36 Å². The van der Waals surface area contributed by atoms with E-state index in [4.69, 9.17) is 5.73 Å². The molecule has 2 aromatic carbocycles. The Hall–Kier alpha value is -2.64. The van der Waals surface area contributed by atoms with Crippen molar-refractivity contribution in [1.29, 1.82) is 0 Å². The number of alkyl halides is 3. The lowest BCUT2D eigenvalue weighted by molar-refractivity contribution is -0.274. The van der Waals surface area contributed by atoms with Crippen molar-refractivity contribution in [3.05, 3.63) is 53.6 Å². The first-order valence-corrected chi connectivity index (χ1v) is 5.83. The second-order valence-electron chi connectivity index (χ2n) is 4.23. The highest BCUT2D eigenvalue weighted by Gasteiger charge is 2.32. The molecule has 0 spiro atoms. The number of carbonyl (C=O) groups is 1. The van der Waals surface area contributed by atoms with Crippen LogP contribution in [-0.2, 0) is 0 Å². The Kier molecular flexibility index (Phi) is 4.03. The van der Waals surface area contributed by atoms with E-state index in [2.05, 4.69) is 4.74 Å². The molecule has 8 heteroatoms. The lowest BCUT2D eigenvalue weighted by atomic mass is 10.0. The minimum atomic E-state index is -5.01. The lowest BCUT2D eigenvalue weighted by Crippen LogP contribution is -2.18. The summed E-state index contributed by atoms with van der Waals surface area (Å²) < 4.78 is 68.2. The standard InChI is InChI=1S/C14H8F5NO2/c15-10-6-7(13(20)21)5-9(12(10)16)8-3-1-2-4-11(8)22-14(17,18)19/h1-6H,(H2,20,21). The smallest absolute Gasteiger partial charge is 0.405 e. The largest absolute Gasteiger partial charge is 0.573 e. The van der Waals surface area contributed by atoms with Gasteiger partial charge in [0.25, 0.3) is 0 Å². The van der Waals surface area contributed by atoms with E-state index in [0.29, 0.717) is 6.07 Å². The van der Waals surface area contributed by atoms with E-state index in [1.165, 1.54) is 12.1 Å². The molecule has 2 N–H and O–H groups in total. The molecular formula is C14H8F5NO2. The number of para-hydroxylation sites is 1. The van der Waals surface area contributed by atoms with Crippen LogP contribution in [0.4, 0.5) is 22.0 Å². The van der Waals surface area contributed by atoms with Crippen molar-refractivity contribution in [1.82, 2.24) is 0 Å². The van der Waals surface area contributed by atoms with Gasteiger partial charge in [-0.1, -0.05) is 18.2 Å². The molecule has 1 amide bonds. The highest BCUT2D eigenvalue weighted by atomic mass is 19.4. The van der Waals surface area contributed by atoms with E-state index >= 15 is 0 Å². The third kappa shape index (κ3) is 3.33. The maximum absolute atomic E-state index is 13.9. The summed E-state index contributed by atoms with van der Waals surface area (Å²) >= 11 is 0. The Morgan fingerprint density at radius 1 is 1.05 bits per heavy atom. The van der Waals surface area contributed by atoms with Gasteiger partial charge in [0, 0.05) is 16.7 Å². The van der Waals surface area contributed by atoms with Crippen LogP contribution in [0.15, 0.2) is 36.4 Å². The van der Waals surface area contributed by atoms with Gasteiger partial charge in [-0.3, -0.25) is 4.79 Å². The molecule has 0 saturated carbocycles. The average molecular weight is 317 g/mol. The molecule has 2 rings (SSSR count). The fourth-order valence-corrected chi connectivity index (χ4v) is 1.83. The Bertz CT molecular complexity index is 728. The molecule has 0 aliphatic carbocycles. The molecule has 3 nitrogen and oxygen atoms in total. The van der Waals surface area contributed by atoms with Gasteiger partial charge in [0.05, 0.1) is 0 Å². The molecule has 0 saturated heterocycles. The third-order valence-electron chi connectivity index (χ3n) is 2.72. The molecular weight excluding hydrogens is 309 g/mol. The van der Waals surface area contributed by atoms with Crippen molar-refractivity contribution < 1.29 is 31.5 Å². The highest BCUT2D eigenvalue weighted by Crippen LogP contribution is 2.36. The summed E-state index contributed by atoms with van der Waals surface area (Å²) in [6.45, 7) is 0. The molecule has 0 atom stereocenters. The maximum atomic E-state index is 13.9. The van der Waals surface area contributed by atoms with Crippen LogP contribution in [0.5, 0.6) is 5.75 Å². The lowest BCUT2D eigenvalue weighted by Gasteiger charge is -2.14. The zero-order valence-electron chi connectivity index (χ0n) is 10.7. The van der Waals surface area contributed by atoms with Gasteiger partial charge in [-0.25, -0.2) is 8.78 Å². The minimum absolute atomic E-state index is 0.362. The van der Waals surface area contributed by atoms with Crippen LogP contribution in [0, 0.1) is 11.6 Å². The molecule has 0 radical (unpaired) electrons. The number of hydrogen-bond donors (Lipinski definition) is 1. The van der Waals surface area contributed by atoms with Crippen LogP contribution < -0.4 is 10.5 Å². The number of ether oxygens (including phenoxy) is 1. The van der Waals surface area contributed by atoms with Gasteiger partial charge in [-0.05, 0) is 18.2 Å². The number of hydrogen-bond acceptors (Lipinski definition) is 2. The molecule has 22 heavy (non-hydrogen) atoms. The van der Waals surface area contributed by atoms with Crippen LogP contribution >= 0.6 is 0 Å². The number of amides is 1. The van der Waals surface area contributed by atoms with Crippen molar-refractivity contribution >= 4 is 5.91 Å². The SMILES string of the molecule is NC(=O)c1cc(F)c(F)c(-c2ccccc2OC(F)(F)F)c1. The molecule has 2 aromatic rings. The van der Waals surface area contributed by atoms with Gasteiger partial charge in [0.15, 0.2) is 11.6 Å². The predicted molar refractivity (Wildman–Crippen MR) is 67.0 cm³/mol. The van der Waals surface area contributed by atoms with Crippen LogP contribution in [0.1, 0.15) is 10.4 Å². The second-order valence-corrected chi connectivity index (χ2v) is 4.23. The first kappa shape index (κ1) is 15.7. The summed E-state index contributed by atoms with van der Waals surface area (Å²) in [4.78, 5) is 11.1. The first-order chi connectivity index (χ1) is 10.2. The molecule has 0 fully saturated rings. The predicted octanol–water partition coefficient (Wildman–Crippen LogP) is 3.63. The average Bonchev–Trinajstić information content (AvgIpc) is 2.40. The highest BCUT2D eigenvalue weighted by molar-refractivity contribution is 5.94. The van der Waals surface area contributed by atoms with E-state index < -0.39 is 35.2 Å². The van der Waals surface area contributed by atoms with Crippen LogP contribution in [0.3, 0.4) is 0 Å². The van der Waals surface area contributed by atoms with Crippen LogP contribution in [-0.4, -0.2) is 12.3 Å². The fraction of sp³-hybridized carbons (Fsp3) is 0.0714. The summed E-state index contributed by atoms with van der Waals surface area (Å²) in [7, 11) is 0. The zero-order valence-corrected chi connectivity index (χ0v) is 10.7. The van der Waals surface area contributed by atoms with Crippen molar-refractivity contribution in [3.8, 4) is 16.9 Å². The second kappa shape index (κ2) is 5.63. The maximum Gasteiger partial charge on any atom is 0.573 e. The minimum Gasteiger partial charge on any atom is -0.405 e. The van der Waals surface area contributed by atoms with Gasteiger partial charge in [0.2, 0.25) is 5.91 Å². The summed E-state index contributed by atoms with van der Waals surface area (Å²) in [5, 5.41) is 0.